The monoisotopic (exact) mass is 264 g/mol. The van der Waals surface area contributed by atoms with Crippen molar-refractivity contribution in [3.63, 3.8) is 0 Å². The summed E-state index contributed by atoms with van der Waals surface area (Å²) in [6.45, 7) is 5.46. The highest BCUT2D eigenvalue weighted by molar-refractivity contribution is 7.09. The van der Waals surface area contributed by atoms with Gasteiger partial charge in [0.25, 0.3) is 0 Å². The van der Waals surface area contributed by atoms with Crippen molar-refractivity contribution in [2.45, 2.75) is 26.8 Å². The van der Waals surface area contributed by atoms with Gasteiger partial charge in [0.2, 0.25) is 5.88 Å². The molecular formula is C12H16N4OS. The third-order valence-corrected chi connectivity index (χ3v) is 3.31. The number of anilines is 1. The Hall–Kier alpha value is -1.69. The van der Waals surface area contributed by atoms with Gasteiger partial charge in [-0.15, -0.1) is 11.3 Å². The minimum atomic E-state index is 0.607. The molecule has 0 fully saturated rings. The molecule has 0 spiro atoms. The van der Waals surface area contributed by atoms with Crippen molar-refractivity contribution in [3.05, 3.63) is 28.5 Å². The second-order valence-electron chi connectivity index (χ2n) is 3.80. The number of aromatic nitrogens is 3. The van der Waals surface area contributed by atoms with Crippen LogP contribution in [0.25, 0.3) is 0 Å². The highest BCUT2D eigenvalue weighted by atomic mass is 32.1. The Labute approximate surface area is 110 Å². The Morgan fingerprint density at radius 1 is 1.33 bits per heavy atom. The molecule has 0 aliphatic heterocycles. The average molecular weight is 264 g/mol. The number of thiazole rings is 1. The molecule has 96 valence electrons. The van der Waals surface area contributed by atoms with Gasteiger partial charge in [0.1, 0.15) is 12.1 Å². The van der Waals surface area contributed by atoms with E-state index in [-0.39, 0.29) is 0 Å². The third-order valence-electron chi connectivity index (χ3n) is 2.37. The minimum absolute atomic E-state index is 0.607. The summed E-state index contributed by atoms with van der Waals surface area (Å²) < 4.78 is 5.46. The Bertz CT molecular complexity index is 500. The van der Waals surface area contributed by atoms with Crippen LogP contribution in [0.4, 0.5) is 5.82 Å². The maximum atomic E-state index is 5.46. The lowest BCUT2D eigenvalue weighted by atomic mass is 10.4. The molecule has 2 aromatic rings. The molecule has 0 amide bonds. The van der Waals surface area contributed by atoms with Crippen molar-refractivity contribution in [3.8, 4) is 5.88 Å². The maximum absolute atomic E-state index is 5.46. The molecule has 2 aromatic heterocycles. The van der Waals surface area contributed by atoms with E-state index in [0.717, 1.165) is 24.5 Å². The van der Waals surface area contributed by atoms with E-state index in [1.807, 2.05) is 18.5 Å². The number of ether oxygens (including phenoxy) is 1. The smallest absolute Gasteiger partial charge is 0.218 e. The van der Waals surface area contributed by atoms with Gasteiger partial charge in [0.05, 0.1) is 24.4 Å². The van der Waals surface area contributed by atoms with E-state index in [2.05, 4.69) is 27.2 Å². The average Bonchev–Trinajstić information content (AvgIpc) is 2.80. The summed E-state index contributed by atoms with van der Waals surface area (Å²) in [5.74, 6) is 1.37. The standard InChI is InChI=1S/C12H16N4OS/c1-3-4-17-12-5-11(14-7-15-12)13-6-10-9(2)16-8-18-10/h5,7-8H,3-4,6H2,1-2H3,(H,13,14,15). The molecule has 0 bridgehead atoms. The molecule has 0 aromatic carbocycles. The van der Waals surface area contributed by atoms with Crippen LogP contribution >= 0.6 is 11.3 Å². The van der Waals surface area contributed by atoms with Crippen LogP contribution in [0.3, 0.4) is 0 Å². The molecule has 5 nitrogen and oxygen atoms in total. The van der Waals surface area contributed by atoms with Crippen molar-refractivity contribution in [2.75, 3.05) is 11.9 Å². The van der Waals surface area contributed by atoms with Crippen molar-refractivity contribution < 1.29 is 4.74 Å². The van der Waals surface area contributed by atoms with Gasteiger partial charge in [-0.1, -0.05) is 6.92 Å². The van der Waals surface area contributed by atoms with Gasteiger partial charge in [-0.25, -0.2) is 15.0 Å². The van der Waals surface area contributed by atoms with Crippen LogP contribution in [0, 0.1) is 6.92 Å². The van der Waals surface area contributed by atoms with Crippen LogP contribution in [0.15, 0.2) is 17.9 Å². The Kier molecular flexibility index (Phi) is 4.46. The van der Waals surface area contributed by atoms with Crippen LogP contribution in [0.1, 0.15) is 23.9 Å². The number of hydrogen-bond donors (Lipinski definition) is 1. The van der Waals surface area contributed by atoms with E-state index in [4.69, 9.17) is 4.74 Å². The lowest BCUT2D eigenvalue weighted by molar-refractivity contribution is 0.305. The molecule has 0 saturated carbocycles. The predicted molar refractivity (Wildman–Crippen MR) is 72.0 cm³/mol. The predicted octanol–water partition coefficient (Wildman–Crippen LogP) is 2.64. The Morgan fingerprint density at radius 2 is 2.22 bits per heavy atom. The van der Waals surface area contributed by atoms with E-state index < -0.39 is 0 Å². The van der Waals surface area contributed by atoms with Crippen LogP contribution in [-0.2, 0) is 6.54 Å². The second-order valence-corrected chi connectivity index (χ2v) is 4.74. The highest BCUT2D eigenvalue weighted by Gasteiger charge is 2.03. The fourth-order valence-corrected chi connectivity index (χ4v) is 2.11. The van der Waals surface area contributed by atoms with Gasteiger partial charge in [0, 0.05) is 10.9 Å². The first-order valence-electron chi connectivity index (χ1n) is 5.87. The van der Waals surface area contributed by atoms with Gasteiger partial charge in [-0.2, -0.15) is 0 Å². The SMILES string of the molecule is CCCOc1cc(NCc2scnc2C)ncn1. The summed E-state index contributed by atoms with van der Waals surface area (Å²) in [4.78, 5) is 13.6. The summed E-state index contributed by atoms with van der Waals surface area (Å²) in [6, 6.07) is 1.81. The Balaban J connectivity index is 1.95. The zero-order valence-electron chi connectivity index (χ0n) is 10.5. The van der Waals surface area contributed by atoms with E-state index in [9.17, 15) is 0 Å². The molecule has 0 saturated heterocycles. The van der Waals surface area contributed by atoms with E-state index in [1.165, 1.54) is 11.2 Å². The van der Waals surface area contributed by atoms with Crippen LogP contribution in [-0.4, -0.2) is 21.6 Å². The van der Waals surface area contributed by atoms with Crippen molar-refractivity contribution in [1.82, 2.24) is 15.0 Å². The molecule has 2 heterocycles. The number of rotatable bonds is 6. The van der Waals surface area contributed by atoms with Gasteiger partial charge in [-0.3, -0.25) is 0 Å². The lowest BCUT2D eigenvalue weighted by Crippen LogP contribution is -2.03. The second kappa shape index (κ2) is 6.30. The van der Waals surface area contributed by atoms with Gasteiger partial charge < -0.3 is 10.1 Å². The van der Waals surface area contributed by atoms with Crippen molar-refractivity contribution >= 4 is 17.2 Å². The van der Waals surface area contributed by atoms with E-state index >= 15 is 0 Å². The normalized spacial score (nSPS) is 10.3. The number of nitrogens with zero attached hydrogens (tertiary/aromatic N) is 3. The first-order valence-corrected chi connectivity index (χ1v) is 6.75. The van der Waals surface area contributed by atoms with Crippen LogP contribution in [0.2, 0.25) is 0 Å². The van der Waals surface area contributed by atoms with Crippen molar-refractivity contribution in [1.29, 1.82) is 0 Å². The molecule has 0 aliphatic carbocycles. The summed E-state index contributed by atoms with van der Waals surface area (Å²) in [6.07, 6.45) is 2.47. The number of hydrogen-bond acceptors (Lipinski definition) is 6. The fourth-order valence-electron chi connectivity index (χ4n) is 1.39. The topological polar surface area (TPSA) is 59.9 Å². The molecule has 0 radical (unpaired) electrons. The largest absolute Gasteiger partial charge is 0.478 e. The quantitative estimate of drug-likeness (QED) is 0.869. The molecule has 18 heavy (non-hydrogen) atoms. The fraction of sp³-hybridized carbons (Fsp3) is 0.417. The third kappa shape index (κ3) is 3.40. The first kappa shape index (κ1) is 12.8. The maximum Gasteiger partial charge on any atom is 0.218 e. The highest BCUT2D eigenvalue weighted by Crippen LogP contribution is 2.16. The molecular weight excluding hydrogens is 248 g/mol. The molecule has 2 rings (SSSR count). The van der Waals surface area contributed by atoms with E-state index in [0.29, 0.717) is 12.5 Å². The van der Waals surface area contributed by atoms with Crippen molar-refractivity contribution in [2.24, 2.45) is 0 Å². The Morgan fingerprint density at radius 3 is 2.94 bits per heavy atom. The molecule has 0 aliphatic rings. The number of aryl methyl sites for hydroxylation is 1. The van der Waals surface area contributed by atoms with Crippen LogP contribution in [0.5, 0.6) is 5.88 Å². The van der Waals surface area contributed by atoms with Gasteiger partial charge >= 0.3 is 0 Å². The summed E-state index contributed by atoms with van der Waals surface area (Å²) in [5, 5.41) is 3.24. The summed E-state index contributed by atoms with van der Waals surface area (Å²) in [5.41, 5.74) is 2.91. The zero-order chi connectivity index (χ0) is 12.8. The lowest BCUT2D eigenvalue weighted by Gasteiger charge is -2.07. The van der Waals surface area contributed by atoms with E-state index in [1.54, 1.807) is 11.3 Å². The molecule has 1 N–H and O–H groups in total. The summed E-state index contributed by atoms with van der Waals surface area (Å²) in [7, 11) is 0. The zero-order valence-corrected chi connectivity index (χ0v) is 11.3. The van der Waals surface area contributed by atoms with Crippen LogP contribution < -0.4 is 10.1 Å². The summed E-state index contributed by atoms with van der Waals surface area (Å²) >= 11 is 1.64. The molecule has 0 unspecified atom stereocenters. The van der Waals surface area contributed by atoms with Gasteiger partial charge in [-0.05, 0) is 13.3 Å². The molecule has 6 heteroatoms. The number of nitrogens with one attached hydrogen (secondary N) is 1. The minimum Gasteiger partial charge on any atom is -0.478 e. The van der Waals surface area contributed by atoms with Gasteiger partial charge in [0.15, 0.2) is 0 Å². The first-order chi connectivity index (χ1) is 8.79. The molecule has 0 atom stereocenters.